The average molecular weight is 421 g/mol. The number of likely N-dealkylation sites (N-methyl/N-ethyl adjacent to an activating group) is 1. The van der Waals surface area contributed by atoms with Crippen LogP contribution in [0.2, 0.25) is 0 Å². The van der Waals surface area contributed by atoms with Crippen molar-refractivity contribution in [2.45, 2.75) is 13.0 Å². The predicted molar refractivity (Wildman–Crippen MR) is 113 cm³/mol. The average Bonchev–Trinajstić information content (AvgIpc) is 3.17. The van der Waals surface area contributed by atoms with Crippen LogP contribution in [0.3, 0.4) is 0 Å². The minimum Gasteiger partial charge on any atom is -0.494 e. The van der Waals surface area contributed by atoms with E-state index in [1.165, 1.54) is 9.80 Å². The van der Waals surface area contributed by atoms with Crippen molar-refractivity contribution in [1.29, 1.82) is 0 Å². The topological polar surface area (TPSA) is 88.2 Å². The summed E-state index contributed by atoms with van der Waals surface area (Å²) in [4.78, 5) is 41.2. The van der Waals surface area contributed by atoms with Gasteiger partial charge in [0, 0.05) is 18.3 Å². The summed E-state index contributed by atoms with van der Waals surface area (Å²) in [5.74, 6) is -0.226. The van der Waals surface area contributed by atoms with Gasteiger partial charge in [-0.05, 0) is 25.1 Å². The molecule has 2 aliphatic heterocycles. The molecule has 0 saturated carbocycles. The van der Waals surface area contributed by atoms with Gasteiger partial charge in [0.2, 0.25) is 5.91 Å². The van der Waals surface area contributed by atoms with E-state index in [4.69, 9.17) is 9.47 Å². The van der Waals surface area contributed by atoms with Crippen molar-refractivity contribution in [3.05, 3.63) is 71.4 Å². The highest BCUT2D eigenvalue weighted by Crippen LogP contribution is 2.38. The normalized spacial score (nSPS) is 17.7. The van der Waals surface area contributed by atoms with Gasteiger partial charge in [-0.15, -0.1) is 0 Å². The number of hydrogen-bond acceptors (Lipinski definition) is 5. The zero-order chi connectivity index (χ0) is 22.0. The van der Waals surface area contributed by atoms with Gasteiger partial charge in [0.1, 0.15) is 18.9 Å². The Balaban J connectivity index is 1.65. The fourth-order valence-corrected chi connectivity index (χ4v) is 3.75. The van der Waals surface area contributed by atoms with Crippen molar-refractivity contribution in [2.75, 3.05) is 31.7 Å². The molecule has 1 N–H and O–H groups in total. The lowest BCUT2D eigenvalue weighted by molar-refractivity contribution is -0.136. The van der Waals surface area contributed by atoms with Gasteiger partial charge in [-0.1, -0.05) is 36.4 Å². The first-order valence-electron chi connectivity index (χ1n) is 10.0. The largest absolute Gasteiger partial charge is 0.494 e. The molecule has 0 radical (unpaired) electrons. The summed E-state index contributed by atoms with van der Waals surface area (Å²) in [6.45, 7) is 2.03. The van der Waals surface area contributed by atoms with Gasteiger partial charge in [0.15, 0.2) is 0 Å². The molecule has 160 valence electrons. The van der Waals surface area contributed by atoms with E-state index in [1.54, 1.807) is 19.2 Å². The number of urea groups is 1. The number of benzene rings is 2. The second kappa shape index (κ2) is 8.51. The van der Waals surface area contributed by atoms with Crippen LogP contribution in [-0.4, -0.2) is 49.6 Å². The maximum Gasteiger partial charge on any atom is 0.338 e. The van der Waals surface area contributed by atoms with Crippen molar-refractivity contribution in [2.24, 2.45) is 0 Å². The van der Waals surface area contributed by atoms with E-state index in [9.17, 15) is 14.4 Å². The van der Waals surface area contributed by atoms with Crippen molar-refractivity contribution < 1.29 is 23.9 Å². The maximum absolute atomic E-state index is 13.0. The van der Waals surface area contributed by atoms with Gasteiger partial charge in [-0.3, -0.25) is 9.69 Å². The van der Waals surface area contributed by atoms with Gasteiger partial charge in [-0.25, -0.2) is 9.59 Å². The van der Waals surface area contributed by atoms with Crippen molar-refractivity contribution in [3.63, 3.8) is 0 Å². The van der Waals surface area contributed by atoms with E-state index < -0.39 is 18.0 Å². The SMILES string of the molecule is CCOc1ccccc1[C@H]1NC(=O)N(CC(=O)N(C)c2ccccc2)C2=C1C(=O)OC2. The number of esters is 1. The number of amides is 3. The summed E-state index contributed by atoms with van der Waals surface area (Å²) >= 11 is 0. The van der Waals surface area contributed by atoms with E-state index in [2.05, 4.69) is 5.32 Å². The minimum atomic E-state index is -0.710. The zero-order valence-corrected chi connectivity index (χ0v) is 17.3. The molecule has 0 spiro atoms. The first kappa shape index (κ1) is 20.5. The summed E-state index contributed by atoms with van der Waals surface area (Å²) in [6, 6.07) is 15.2. The Hall–Kier alpha value is -3.81. The zero-order valence-electron chi connectivity index (χ0n) is 17.3. The van der Waals surface area contributed by atoms with Gasteiger partial charge < -0.3 is 19.7 Å². The van der Waals surface area contributed by atoms with Crippen molar-refractivity contribution in [3.8, 4) is 5.75 Å². The molecule has 4 rings (SSSR count). The quantitative estimate of drug-likeness (QED) is 0.725. The van der Waals surface area contributed by atoms with Gasteiger partial charge in [0.25, 0.3) is 0 Å². The predicted octanol–water partition coefficient (Wildman–Crippen LogP) is 2.63. The Morgan fingerprint density at radius 3 is 2.61 bits per heavy atom. The highest BCUT2D eigenvalue weighted by Gasteiger charge is 2.43. The number of cyclic esters (lactones) is 1. The number of ether oxygens (including phenoxy) is 2. The Labute approximate surface area is 180 Å². The Morgan fingerprint density at radius 2 is 1.87 bits per heavy atom. The van der Waals surface area contributed by atoms with Crippen molar-refractivity contribution in [1.82, 2.24) is 10.2 Å². The maximum atomic E-state index is 13.0. The Bertz CT molecular complexity index is 1050. The fraction of sp³-hybridized carbons (Fsp3) is 0.261. The molecule has 2 aromatic carbocycles. The van der Waals surface area contributed by atoms with Crippen LogP contribution in [0, 0.1) is 0 Å². The van der Waals surface area contributed by atoms with Gasteiger partial charge >= 0.3 is 12.0 Å². The Kier molecular flexibility index (Phi) is 5.62. The van der Waals surface area contributed by atoms with E-state index in [0.29, 0.717) is 34.9 Å². The molecule has 2 heterocycles. The highest BCUT2D eigenvalue weighted by molar-refractivity contribution is 6.00. The van der Waals surface area contributed by atoms with Crippen LogP contribution in [0.1, 0.15) is 18.5 Å². The van der Waals surface area contributed by atoms with E-state index in [-0.39, 0.29) is 19.1 Å². The fourth-order valence-electron chi connectivity index (χ4n) is 3.75. The number of nitrogens with one attached hydrogen (secondary N) is 1. The van der Waals surface area contributed by atoms with Crippen LogP contribution >= 0.6 is 0 Å². The second-order valence-electron chi connectivity index (χ2n) is 7.16. The standard InChI is InChI=1S/C23H23N3O5/c1-3-30-18-12-8-7-11-16(18)21-20-17(14-31-22(20)28)26(23(29)24-21)13-19(27)25(2)15-9-5-4-6-10-15/h4-12,21H,3,13-14H2,1-2H3,(H,24,29)/t21-/m1/s1. The lowest BCUT2D eigenvalue weighted by atomic mass is 9.95. The minimum absolute atomic E-state index is 0.0583. The molecule has 8 nitrogen and oxygen atoms in total. The van der Waals surface area contributed by atoms with Crippen LogP contribution in [0.25, 0.3) is 0 Å². The molecule has 0 fully saturated rings. The summed E-state index contributed by atoms with van der Waals surface area (Å²) in [6.07, 6.45) is 0. The molecule has 2 aliphatic rings. The van der Waals surface area contributed by atoms with Crippen LogP contribution in [0.4, 0.5) is 10.5 Å². The summed E-state index contributed by atoms with van der Waals surface area (Å²) in [5.41, 5.74) is 2.10. The third kappa shape index (κ3) is 3.84. The van der Waals surface area contributed by atoms with E-state index >= 15 is 0 Å². The lowest BCUT2D eigenvalue weighted by Gasteiger charge is -2.33. The molecule has 0 aromatic heterocycles. The lowest BCUT2D eigenvalue weighted by Crippen LogP contribution is -2.50. The van der Waals surface area contributed by atoms with Gasteiger partial charge in [0.05, 0.1) is 23.9 Å². The molecule has 0 aliphatic carbocycles. The van der Waals surface area contributed by atoms with Gasteiger partial charge in [-0.2, -0.15) is 0 Å². The number of carbonyl (C=O) groups is 3. The molecule has 0 bridgehead atoms. The molecule has 1 atom stereocenters. The highest BCUT2D eigenvalue weighted by atomic mass is 16.5. The van der Waals surface area contributed by atoms with Crippen LogP contribution in [0.5, 0.6) is 5.75 Å². The molecule has 3 amide bonds. The number of nitrogens with zero attached hydrogens (tertiary/aromatic N) is 2. The number of hydrogen-bond donors (Lipinski definition) is 1. The van der Waals surface area contributed by atoms with E-state index in [0.717, 1.165) is 0 Å². The molecule has 31 heavy (non-hydrogen) atoms. The monoisotopic (exact) mass is 421 g/mol. The second-order valence-corrected chi connectivity index (χ2v) is 7.16. The number of para-hydroxylation sites is 2. The summed E-state index contributed by atoms with van der Waals surface area (Å²) < 4.78 is 10.9. The summed E-state index contributed by atoms with van der Waals surface area (Å²) in [5, 5.41) is 2.85. The number of anilines is 1. The molecule has 8 heteroatoms. The Morgan fingerprint density at radius 1 is 1.16 bits per heavy atom. The number of carbonyl (C=O) groups excluding carboxylic acids is 3. The van der Waals surface area contributed by atoms with Crippen LogP contribution in [-0.2, 0) is 14.3 Å². The smallest absolute Gasteiger partial charge is 0.338 e. The van der Waals surface area contributed by atoms with Crippen LogP contribution in [0.15, 0.2) is 65.9 Å². The summed E-state index contributed by atoms with van der Waals surface area (Å²) in [7, 11) is 1.65. The van der Waals surface area contributed by atoms with Crippen LogP contribution < -0.4 is 15.0 Å². The molecule has 0 saturated heterocycles. The molecular weight excluding hydrogens is 398 g/mol. The molecule has 0 unspecified atom stereocenters. The number of rotatable bonds is 6. The van der Waals surface area contributed by atoms with E-state index in [1.807, 2.05) is 49.4 Å². The third-order valence-electron chi connectivity index (χ3n) is 5.34. The molecule has 2 aromatic rings. The third-order valence-corrected chi connectivity index (χ3v) is 5.34. The van der Waals surface area contributed by atoms with Crippen molar-refractivity contribution >= 4 is 23.6 Å². The first-order valence-corrected chi connectivity index (χ1v) is 10.0. The molecular formula is C23H23N3O5. The first-order chi connectivity index (χ1) is 15.0.